The Balaban J connectivity index is 0.00000169. The van der Waals surface area contributed by atoms with Crippen LogP contribution in [0.4, 0.5) is 0 Å². The average Bonchev–Trinajstić information content (AvgIpc) is 2.17. The van der Waals surface area contributed by atoms with E-state index >= 15 is 0 Å². The third-order valence-corrected chi connectivity index (χ3v) is 2.34. The third kappa shape index (κ3) is 3.44. The molecule has 1 rings (SSSR count). The van der Waals surface area contributed by atoms with Crippen molar-refractivity contribution >= 4 is 18.3 Å². The number of amides is 1. The van der Waals surface area contributed by atoms with Gasteiger partial charge in [0.05, 0.1) is 13.2 Å². The summed E-state index contributed by atoms with van der Waals surface area (Å²) in [6.07, 6.45) is 0. The molecule has 0 aromatic carbocycles. The van der Waals surface area contributed by atoms with Crippen molar-refractivity contribution in [3.05, 3.63) is 0 Å². The van der Waals surface area contributed by atoms with Gasteiger partial charge in [0.2, 0.25) is 5.91 Å². The van der Waals surface area contributed by atoms with Crippen molar-refractivity contribution in [3.8, 4) is 0 Å². The second-order valence-electron chi connectivity index (χ2n) is 3.62. The summed E-state index contributed by atoms with van der Waals surface area (Å²) in [5.41, 5.74) is 0. The minimum absolute atomic E-state index is 0. The van der Waals surface area contributed by atoms with Crippen LogP contribution in [0.2, 0.25) is 0 Å². The number of likely N-dealkylation sites (N-methyl/N-ethyl adjacent to an activating group) is 1. The molecule has 1 saturated heterocycles. The number of hydrogen-bond donors (Lipinski definition) is 1. The zero-order chi connectivity index (χ0) is 9.84. The van der Waals surface area contributed by atoms with Gasteiger partial charge >= 0.3 is 0 Å². The summed E-state index contributed by atoms with van der Waals surface area (Å²) in [4.78, 5) is 13.5. The molecule has 1 amide bonds. The summed E-state index contributed by atoms with van der Waals surface area (Å²) in [5, 5.41) is 3.14. The fourth-order valence-corrected chi connectivity index (χ4v) is 1.22. The second-order valence-corrected chi connectivity index (χ2v) is 3.62. The number of hydrogen-bond acceptors (Lipinski definition) is 3. The monoisotopic (exact) mass is 222 g/mol. The first-order chi connectivity index (χ1) is 6.13. The molecule has 1 atom stereocenters. The summed E-state index contributed by atoms with van der Waals surface area (Å²) in [7, 11) is 1.82. The molecule has 1 N–H and O–H groups in total. The van der Waals surface area contributed by atoms with E-state index in [1.165, 1.54) is 0 Å². The third-order valence-electron chi connectivity index (χ3n) is 2.34. The molecule has 14 heavy (non-hydrogen) atoms. The van der Waals surface area contributed by atoms with Gasteiger partial charge in [-0.05, 0) is 13.8 Å². The van der Waals surface area contributed by atoms with E-state index < -0.39 is 0 Å². The lowest BCUT2D eigenvalue weighted by Crippen LogP contribution is -2.52. The second kappa shape index (κ2) is 6.22. The van der Waals surface area contributed by atoms with Gasteiger partial charge in [-0.2, -0.15) is 0 Å². The van der Waals surface area contributed by atoms with E-state index in [9.17, 15) is 4.79 Å². The van der Waals surface area contributed by atoms with Crippen molar-refractivity contribution in [3.63, 3.8) is 0 Å². The van der Waals surface area contributed by atoms with Crippen molar-refractivity contribution in [2.45, 2.75) is 25.9 Å². The van der Waals surface area contributed by atoms with E-state index in [0.29, 0.717) is 13.2 Å². The van der Waals surface area contributed by atoms with E-state index in [2.05, 4.69) is 5.32 Å². The first kappa shape index (κ1) is 13.7. The molecule has 1 fully saturated rings. The lowest BCUT2D eigenvalue weighted by Gasteiger charge is -2.29. The number of carbonyl (C=O) groups excluding carboxylic acids is 1. The fourth-order valence-electron chi connectivity index (χ4n) is 1.22. The molecule has 0 radical (unpaired) electrons. The Morgan fingerprint density at radius 1 is 1.57 bits per heavy atom. The van der Waals surface area contributed by atoms with Crippen molar-refractivity contribution in [2.75, 3.05) is 26.8 Å². The lowest BCUT2D eigenvalue weighted by atomic mass is 10.2. The number of halogens is 1. The zero-order valence-electron chi connectivity index (χ0n) is 8.95. The summed E-state index contributed by atoms with van der Waals surface area (Å²) in [6.45, 7) is 5.97. The first-order valence-electron chi connectivity index (χ1n) is 4.70. The standard InChI is InChI=1S/C9H18N2O2.ClH/c1-7(2)11(3)9(12)8-6-13-5-4-10-8;/h7-8,10H,4-6H2,1-3H3;1H/t8-;/m1./s1. The molecule has 5 heteroatoms. The van der Waals surface area contributed by atoms with Gasteiger partial charge in [-0.1, -0.05) is 0 Å². The summed E-state index contributed by atoms with van der Waals surface area (Å²) in [6, 6.07) is 0.0948. The van der Waals surface area contributed by atoms with Gasteiger partial charge in [0.15, 0.2) is 0 Å². The number of ether oxygens (including phenoxy) is 1. The summed E-state index contributed by atoms with van der Waals surface area (Å²) >= 11 is 0. The van der Waals surface area contributed by atoms with E-state index in [1.54, 1.807) is 4.90 Å². The number of rotatable bonds is 2. The smallest absolute Gasteiger partial charge is 0.242 e. The van der Waals surface area contributed by atoms with Crippen molar-refractivity contribution < 1.29 is 9.53 Å². The molecule has 1 heterocycles. The van der Waals surface area contributed by atoms with Crippen molar-refractivity contribution in [1.82, 2.24) is 10.2 Å². The molecule has 4 nitrogen and oxygen atoms in total. The van der Waals surface area contributed by atoms with Crippen LogP contribution in [0.5, 0.6) is 0 Å². The molecule has 1 aliphatic rings. The quantitative estimate of drug-likeness (QED) is 0.729. The number of carbonyl (C=O) groups is 1. The molecule has 0 unspecified atom stereocenters. The summed E-state index contributed by atoms with van der Waals surface area (Å²) < 4.78 is 5.22. The minimum Gasteiger partial charge on any atom is -0.378 e. The Hall–Kier alpha value is -0.320. The Labute approximate surface area is 91.4 Å². The predicted octanol–water partition coefficient (Wildman–Crippen LogP) is 0.263. The van der Waals surface area contributed by atoms with Crippen LogP contribution < -0.4 is 5.32 Å². The Morgan fingerprint density at radius 2 is 2.21 bits per heavy atom. The molecule has 84 valence electrons. The maximum Gasteiger partial charge on any atom is 0.242 e. The Kier molecular flexibility index (Phi) is 6.08. The highest BCUT2D eigenvalue weighted by atomic mass is 35.5. The average molecular weight is 223 g/mol. The van der Waals surface area contributed by atoms with Gasteiger partial charge in [0, 0.05) is 19.6 Å². The highest BCUT2D eigenvalue weighted by molar-refractivity contribution is 5.85. The van der Waals surface area contributed by atoms with Crippen LogP contribution in [0.1, 0.15) is 13.8 Å². The molecule has 1 aliphatic heterocycles. The Morgan fingerprint density at radius 3 is 2.64 bits per heavy atom. The first-order valence-corrected chi connectivity index (χ1v) is 4.70. The van der Waals surface area contributed by atoms with Crippen LogP contribution in [-0.2, 0) is 9.53 Å². The lowest BCUT2D eigenvalue weighted by molar-refractivity contribution is -0.136. The summed E-state index contributed by atoms with van der Waals surface area (Å²) in [5.74, 6) is 0.120. The van der Waals surface area contributed by atoms with Gasteiger partial charge in [-0.3, -0.25) is 4.79 Å². The van der Waals surface area contributed by atoms with Crippen LogP contribution in [0.3, 0.4) is 0 Å². The molecule has 0 saturated carbocycles. The maximum absolute atomic E-state index is 11.7. The van der Waals surface area contributed by atoms with E-state index in [1.807, 2.05) is 20.9 Å². The molecule has 0 spiro atoms. The highest BCUT2D eigenvalue weighted by Crippen LogP contribution is 2.01. The van der Waals surface area contributed by atoms with Crippen LogP contribution in [-0.4, -0.2) is 49.7 Å². The fraction of sp³-hybridized carbons (Fsp3) is 0.889. The van der Waals surface area contributed by atoms with Crippen LogP contribution in [0.15, 0.2) is 0 Å². The van der Waals surface area contributed by atoms with Gasteiger partial charge < -0.3 is 15.0 Å². The normalized spacial score (nSPS) is 21.6. The number of nitrogens with zero attached hydrogens (tertiary/aromatic N) is 1. The van der Waals surface area contributed by atoms with Gasteiger partial charge in [-0.25, -0.2) is 0 Å². The van der Waals surface area contributed by atoms with E-state index in [4.69, 9.17) is 4.74 Å². The van der Waals surface area contributed by atoms with Crippen LogP contribution >= 0.6 is 12.4 Å². The number of nitrogens with one attached hydrogen (secondary N) is 1. The largest absolute Gasteiger partial charge is 0.378 e. The van der Waals surface area contributed by atoms with Crippen LogP contribution in [0.25, 0.3) is 0 Å². The van der Waals surface area contributed by atoms with E-state index in [-0.39, 0.29) is 30.4 Å². The van der Waals surface area contributed by atoms with Crippen LogP contribution in [0, 0.1) is 0 Å². The topological polar surface area (TPSA) is 41.6 Å². The van der Waals surface area contributed by atoms with Crippen molar-refractivity contribution in [2.24, 2.45) is 0 Å². The molecule has 0 aromatic rings. The van der Waals surface area contributed by atoms with Gasteiger partial charge in [-0.15, -0.1) is 12.4 Å². The molecular weight excluding hydrogens is 204 g/mol. The molecule has 0 aromatic heterocycles. The van der Waals surface area contributed by atoms with Gasteiger partial charge in [0.1, 0.15) is 6.04 Å². The minimum atomic E-state index is -0.152. The maximum atomic E-state index is 11.7. The highest BCUT2D eigenvalue weighted by Gasteiger charge is 2.25. The molecule has 0 bridgehead atoms. The molecule has 0 aliphatic carbocycles. The van der Waals surface area contributed by atoms with E-state index in [0.717, 1.165) is 6.54 Å². The number of morpholine rings is 1. The Bertz CT molecular complexity index is 182. The van der Waals surface area contributed by atoms with Gasteiger partial charge in [0.25, 0.3) is 0 Å². The molecular formula is C9H19ClN2O2. The SMILES string of the molecule is CC(C)N(C)C(=O)[C@H]1COCCN1.Cl. The zero-order valence-corrected chi connectivity index (χ0v) is 9.76. The predicted molar refractivity (Wildman–Crippen MR) is 57.8 cm³/mol. The van der Waals surface area contributed by atoms with Crippen molar-refractivity contribution in [1.29, 1.82) is 0 Å².